The Morgan fingerprint density at radius 1 is 1.43 bits per heavy atom. The third-order valence-corrected chi connectivity index (χ3v) is 2.75. The lowest BCUT2D eigenvalue weighted by atomic mass is 10.2. The lowest BCUT2D eigenvalue weighted by Crippen LogP contribution is -2.41. The van der Waals surface area contributed by atoms with Crippen LogP contribution in [-0.2, 0) is 11.0 Å². The van der Waals surface area contributed by atoms with E-state index in [9.17, 15) is 18.0 Å². The maximum absolute atomic E-state index is 12.8. The standard InChI is InChI=1S/C14H15F3N2O2/c1-3-10(8-18)19-13(20)9(2)21-12-7-5-4-6-11(12)14(15,16)17/h4-7,9-10H,3H2,1-2H3,(H,19,20)/t9-,10+/m0/s1. The van der Waals surface area contributed by atoms with Crippen molar-refractivity contribution in [2.45, 2.75) is 38.6 Å². The van der Waals surface area contributed by atoms with Gasteiger partial charge in [-0.1, -0.05) is 19.1 Å². The smallest absolute Gasteiger partial charge is 0.419 e. The number of halogens is 3. The highest BCUT2D eigenvalue weighted by atomic mass is 19.4. The first-order chi connectivity index (χ1) is 9.79. The van der Waals surface area contributed by atoms with Gasteiger partial charge in [-0.15, -0.1) is 0 Å². The Kier molecular flexibility index (Phi) is 5.59. The van der Waals surface area contributed by atoms with Crippen molar-refractivity contribution >= 4 is 5.91 Å². The maximum atomic E-state index is 12.8. The molecule has 0 bridgehead atoms. The highest BCUT2D eigenvalue weighted by Gasteiger charge is 2.34. The fraction of sp³-hybridized carbons (Fsp3) is 0.429. The first-order valence-electron chi connectivity index (χ1n) is 6.32. The van der Waals surface area contributed by atoms with E-state index in [2.05, 4.69) is 5.32 Å². The number of carbonyl (C=O) groups is 1. The molecule has 21 heavy (non-hydrogen) atoms. The summed E-state index contributed by atoms with van der Waals surface area (Å²) in [6.07, 6.45) is -5.31. The minimum atomic E-state index is -4.56. The molecule has 0 spiro atoms. The predicted octanol–water partition coefficient (Wildman–Crippen LogP) is 2.89. The number of hydrogen-bond acceptors (Lipinski definition) is 3. The van der Waals surface area contributed by atoms with Crippen LogP contribution in [0.25, 0.3) is 0 Å². The molecular formula is C14H15F3N2O2. The van der Waals surface area contributed by atoms with Crippen LogP contribution < -0.4 is 10.1 Å². The van der Waals surface area contributed by atoms with Crippen molar-refractivity contribution in [3.8, 4) is 11.8 Å². The molecule has 1 aromatic rings. The Morgan fingerprint density at radius 2 is 2.05 bits per heavy atom. The number of nitriles is 1. The Hall–Kier alpha value is -2.23. The fourth-order valence-corrected chi connectivity index (χ4v) is 1.56. The van der Waals surface area contributed by atoms with Gasteiger partial charge in [-0.05, 0) is 25.5 Å². The van der Waals surface area contributed by atoms with Crippen LogP contribution in [0.5, 0.6) is 5.75 Å². The van der Waals surface area contributed by atoms with E-state index in [1.807, 2.05) is 6.07 Å². The lowest BCUT2D eigenvalue weighted by molar-refractivity contribution is -0.140. The number of benzene rings is 1. The van der Waals surface area contributed by atoms with Crippen LogP contribution in [0.3, 0.4) is 0 Å². The average molecular weight is 300 g/mol. The zero-order chi connectivity index (χ0) is 16.0. The van der Waals surface area contributed by atoms with Gasteiger partial charge in [-0.25, -0.2) is 0 Å². The normalized spacial score (nSPS) is 13.9. The predicted molar refractivity (Wildman–Crippen MR) is 69.4 cm³/mol. The van der Waals surface area contributed by atoms with Gasteiger partial charge in [0, 0.05) is 0 Å². The van der Waals surface area contributed by atoms with Crippen LogP contribution in [0.15, 0.2) is 24.3 Å². The van der Waals surface area contributed by atoms with Gasteiger partial charge >= 0.3 is 6.18 Å². The van der Waals surface area contributed by atoms with Crippen molar-refractivity contribution in [2.75, 3.05) is 0 Å². The molecule has 0 aliphatic carbocycles. The Labute approximate surface area is 120 Å². The van der Waals surface area contributed by atoms with Gasteiger partial charge < -0.3 is 10.1 Å². The monoisotopic (exact) mass is 300 g/mol. The summed E-state index contributed by atoms with van der Waals surface area (Å²) in [5, 5.41) is 11.1. The fourth-order valence-electron chi connectivity index (χ4n) is 1.56. The molecule has 0 aromatic heterocycles. The summed E-state index contributed by atoms with van der Waals surface area (Å²) in [4.78, 5) is 11.8. The minimum absolute atomic E-state index is 0.397. The Balaban J connectivity index is 2.83. The van der Waals surface area contributed by atoms with Gasteiger partial charge in [0.2, 0.25) is 0 Å². The number of alkyl halides is 3. The Morgan fingerprint density at radius 3 is 2.57 bits per heavy atom. The summed E-state index contributed by atoms with van der Waals surface area (Å²) in [5.41, 5.74) is -0.947. The summed E-state index contributed by atoms with van der Waals surface area (Å²) >= 11 is 0. The van der Waals surface area contributed by atoms with Crippen LogP contribution in [0, 0.1) is 11.3 Å². The molecule has 0 fully saturated rings. The highest BCUT2D eigenvalue weighted by molar-refractivity contribution is 5.81. The zero-order valence-corrected chi connectivity index (χ0v) is 11.6. The van der Waals surface area contributed by atoms with Crippen molar-refractivity contribution in [1.82, 2.24) is 5.32 Å². The van der Waals surface area contributed by atoms with Crippen LogP contribution in [0.1, 0.15) is 25.8 Å². The van der Waals surface area contributed by atoms with Crippen molar-refractivity contribution in [1.29, 1.82) is 5.26 Å². The zero-order valence-electron chi connectivity index (χ0n) is 11.6. The van der Waals surface area contributed by atoms with E-state index in [0.717, 1.165) is 12.1 Å². The third-order valence-electron chi connectivity index (χ3n) is 2.75. The van der Waals surface area contributed by atoms with Gasteiger partial charge in [0.05, 0.1) is 11.6 Å². The number of carbonyl (C=O) groups excluding carboxylic acids is 1. The van der Waals surface area contributed by atoms with E-state index in [-0.39, 0.29) is 0 Å². The molecule has 0 unspecified atom stereocenters. The SMILES string of the molecule is CC[C@H](C#N)NC(=O)[C@H](C)Oc1ccccc1C(F)(F)F. The van der Waals surface area contributed by atoms with E-state index in [4.69, 9.17) is 10.00 Å². The van der Waals surface area contributed by atoms with Gasteiger partial charge in [0.15, 0.2) is 6.10 Å². The van der Waals surface area contributed by atoms with E-state index in [1.54, 1.807) is 6.92 Å². The molecule has 0 radical (unpaired) electrons. The number of rotatable bonds is 5. The molecule has 0 heterocycles. The second-order valence-electron chi connectivity index (χ2n) is 4.35. The molecule has 7 heteroatoms. The second-order valence-corrected chi connectivity index (χ2v) is 4.35. The number of nitrogens with zero attached hydrogens (tertiary/aromatic N) is 1. The molecule has 0 aliphatic heterocycles. The lowest BCUT2D eigenvalue weighted by Gasteiger charge is -2.19. The molecule has 0 saturated heterocycles. The van der Waals surface area contributed by atoms with Crippen LogP contribution in [0.4, 0.5) is 13.2 Å². The van der Waals surface area contributed by atoms with Crippen LogP contribution in [-0.4, -0.2) is 18.1 Å². The summed E-state index contributed by atoms with van der Waals surface area (Å²) in [7, 11) is 0. The van der Waals surface area contributed by atoms with Gasteiger partial charge in [0.25, 0.3) is 5.91 Å². The summed E-state index contributed by atoms with van der Waals surface area (Å²) in [6, 6.07) is 5.83. The minimum Gasteiger partial charge on any atom is -0.480 e. The third kappa shape index (κ3) is 4.67. The van der Waals surface area contributed by atoms with Crippen molar-refractivity contribution in [3.05, 3.63) is 29.8 Å². The number of para-hydroxylation sites is 1. The Bertz CT molecular complexity index is 538. The molecule has 0 aliphatic rings. The topological polar surface area (TPSA) is 62.1 Å². The van der Waals surface area contributed by atoms with Crippen molar-refractivity contribution in [2.24, 2.45) is 0 Å². The van der Waals surface area contributed by atoms with E-state index in [0.29, 0.717) is 6.42 Å². The average Bonchev–Trinajstić information content (AvgIpc) is 2.43. The van der Waals surface area contributed by atoms with E-state index in [1.165, 1.54) is 19.1 Å². The molecule has 1 rings (SSSR count). The molecule has 1 amide bonds. The largest absolute Gasteiger partial charge is 0.480 e. The summed E-state index contributed by atoms with van der Waals surface area (Å²) < 4.78 is 43.5. The van der Waals surface area contributed by atoms with E-state index < -0.39 is 35.5 Å². The number of amides is 1. The van der Waals surface area contributed by atoms with Gasteiger partial charge in [-0.3, -0.25) is 4.79 Å². The van der Waals surface area contributed by atoms with Gasteiger partial charge in [0.1, 0.15) is 11.8 Å². The first kappa shape index (κ1) is 16.8. The van der Waals surface area contributed by atoms with Crippen LogP contribution in [0.2, 0.25) is 0 Å². The van der Waals surface area contributed by atoms with Crippen LogP contribution >= 0.6 is 0 Å². The molecule has 2 atom stereocenters. The number of hydrogen-bond donors (Lipinski definition) is 1. The molecule has 4 nitrogen and oxygen atoms in total. The summed E-state index contributed by atoms with van der Waals surface area (Å²) in [5.74, 6) is -1.06. The first-order valence-corrected chi connectivity index (χ1v) is 6.32. The number of ether oxygens (including phenoxy) is 1. The highest BCUT2D eigenvalue weighted by Crippen LogP contribution is 2.36. The van der Waals surface area contributed by atoms with E-state index >= 15 is 0 Å². The van der Waals surface area contributed by atoms with Crippen molar-refractivity contribution < 1.29 is 22.7 Å². The van der Waals surface area contributed by atoms with Gasteiger partial charge in [-0.2, -0.15) is 18.4 Å². The second kappa shape index (κ2) is 6.97. The molecule has 1 N–H and O–H groups in total. The molecule has 1 aromatic carbocycles. The molecule has 114 valence electrons. The van der Waals surface area contributed by atoms with Crippen molar-refractivity contribution in [3.63, 3.8) is 0 Å². The number of nitrogens with one attached hydrogen (secondary N) is 1. The maximum Gasteiger partial charge on any atom is 0.419 e. The summed E-state index contributed by atoms with van der Waals surface area (Å²) in [6.45, 7) is 3.03. The quantitative estimate of drug-likeness (QED) is 0.909. The molecular weight excluding hydrogens is 285 g/mol. The molecule has 0 saturated carbocycles.